The summed E-state index contributed by atoms with van der Waals surface area (Å²) in [6.07, 6.45) is 18.8. The number of carbonyl (C=O) groups excluding carboxylic acids is 2. The Morgan fingerprint density at radius 3 is 2.44 bits per heavy atom. The minimum atomic E-state index is 0.0170. The van der Waals surface area contributed by atoms with Gasteiger partial charge in [-0.25, -0.2) is 0 Å². The molecule has 9 heteroatoms. The summed E-state index contributed by atoms with van der Waals surface area (Å²) in [6.45, 7) is 1.82. The summed E-state index contributed by atoms with van der Waals surface area (Å²) >= 11 is 1.99. The number of carbonyl (C=O) groups is 2. The Hall–Kier alpha value is -0.870. The lowest BCUT2D eigenvalue weighted by Gasteiger charge is -2.45. The number of nitrogens with one attached hydrogen (secondary N) is 5. The zero-order valence-electron chi connectivity index (χ0n) is 24.0. The van der Waals surface area contributed by atoms with Crippen LogP contribution in [-0.2, 0) is 9.59 Å². The van der Waals surface area contributed by atoms with Crippen LogP contribution >= 0.6 is 11.8 Å². The highest BCUT2D eigenvalue weighted by Gasteiger charge is 2.50. The van der Waals surface area contributed by atoms with Crippen molar-refractivity contribution in [1.82, 2.24) is 31.5 Å². The molecule has 0 aromatic rings. The third kappa shape index (κ3) is 6.32. The van der Waals surface area contributed by atoms with Crippen LogP contribution < -0.4 is 26.6 Å². The average molecular weight is 561 g/mol. The van der Waals surface area contributed by atoms with E-state index in [-0.39, 0.29) is 41.5 Å². The summed E-state index contributed by atoms with van der Waals surface area (Å²) in [5, 5.41) is 18.8. The molecular weight excluding hydrogens is 508 g/mol. The quantitative estimate of drug-likeness (QED) is 0.341. The number of amides is 2. The normalized spacial score (nSPS) is 42.1. The summed E-state index contributed by atoms with van der Waals surface area (Å²) in [5.41, 5.74) is 0. The predicted molar refractivity (Wildman–Crippen MR) is 157 cm³/mol. The van der Waals surface area contributed by atoms with E-state index in [9.17, 15) is 9.59 Å². The fourth-order valence-electron chi connectivity index (χ4n) is 8.77. The molecule has 6 aliphatic rings. The second kappa shape index (κ2) is 13.0. The van der Waals surface area contributed by atoms with Gasteiger partial charge in [0.2, 0.25) is 11.8 Å². The molecule has 4 aliphatic heterocycles. The Labute approximate surface area is 239 Å². The molecule has 2 saturated carbocycles. The molecule has 8 nitrogen and oxygen atoms in total. The standard InChI is InChI=1S/C30H52N6O2S/c1-31-29(37)20-16-24-27(33-18-20)36(28(35-24)23-12-5-6-15-32-23)22-11-7-10-21(17-22)34-30(38)26-14-13-25(39-26)19-8-3-2-4-9-19/h19-28,32-33,35H,2-18H2,1H3,(H,31,37)(H,34,38)/t20?,21-,22-,23?,24?,25?,26?,27?,28?/m0/s1. The molecule has 2 aliphatic carbocycles. The van der Waals surface area contributed by atoms with E-state index in [4.69, 9.17) is 0 Å². The fraction of sp³-hybridized carbons (Fsp3) is 0.933. The topological polar surface area (TPSA) is 97.5 Å². The molecule has 0 aromatic carbocycles. The van der Waals surface area contributed by atoms with Gasteiger partial charge in [0.05, 0.1) is 23.5 Å². The van der Waals surface area contributed by atoms with Gasteiger partial charge in [0.1, 0.15) is 0 Å². The van der Waals surface area contributed by atoms with Gasteiger partial charge in [-0.1, -0.05) is 25.7 Å². The molecule has 0 radical (unpaired) electrons. The van der Waals surface area contributed by atoms with E-state index in [1.54, 1.807) is 7.05 Å². The van der Waals surface area contributed by atoms with Crippen molar-refractivity contribution in [1.29, 1.82) is 0 Å². The maximum absolute atomic E-state index is 13.4. The zero-order valence-corrected chi connectivity index (χ0v) is 24.8. The molecule has 0 spiro atoms. The van der Waals surface area contributed by atoms with Crippen molar-refractivity contribution >= 4 is 23.6 Å². The Balaban J connectivity index is 1.09. The highest BCUT2D eigenvalue weighted by molar-refractivity contribution is 8.01. The summed E-state index contributed by atoms with van der Waals surface area (Å²) in [4.78, 5) is 28.6. The van der Waals surface area contributed by atoms with E-state index in [1.807, 2.05) is 11.8 Å². The van der Waals surface area contributed by atoms with Crippen molar-refractivity contribution in [2.75, 3.05) is 20.1 Å². The number of hydrogen-bond acceptors (Lipinski definition) is 7. The lowest BCUT2D eigenvalue weighted by molar-refractivity contribution is -0.125. The monoisotopic (exact) mass is 560 g/mol. The van der Waals surface area contributed by atoms with Crippen molar-refractivity contribution in [2.45, 2.75) is 143 Å². The smallest absolute Gasteiger partial charge is 0.233 e. The average Bonchev–Trinajstić information content (AvgIpc) is 3.63. The Kier molecular flexibility index (Phi) is 9.40. The van der Waals surface area contributed by atoms with Crippen LogP contribution in [0, 0.1) is 11.8 Å². The number of rotatable bonds is 6. The van der Waals surface area contributed by atoms with E-state index < -0.39 is 0 Å². The van der Waals surface area contributed by atoms with Gasteiger partial charge in [0.15, 0.2) is 0 Å². The zero-order chi connectivity index (χ0) is 26.8. The largest absolute Gasteiger partial charge is 0.359 e. The molecule has 39 heavy (non-hydrogen) atoms. The third-order valence-electron chi connectivity index (χ3n) is 10.8. The molecule has 220 valence electrons. The maximum Gasteiger partial charge on any atom is 0.233 e. The highest BCUT2D eigenvalue weighted by Crippen LogP contribution is 2.43. The van der Waals surface area contributed by atoms with E-state index >= 15 is 0 Å². The van der Waals surface area contributed by atoms with Crippen LogP contribution in [0.15, 0.2) is 0 Å². The lowest BCUT2D eigenvalue weighted by atomic mass is 9.85. The van der Waals surface area contributed by atoms with Gasteiger partial charge in [-0.05, 0) is 83.1 Å². The van der Waals surface area contributed by atoms with Gasteiger partial charge in [-0.2, -0.15) is 0 Å². The van der Waals surface area contributed by atoms with E-state index in [0.717, 1.165) is 51.1 Å². The number of nitrogens with zero attached hydrogens (tertiary/aromatic N) is 1. The van der Waals surface area contributed by atoms with Crippen molar-refractivity contribution in [3.05, 3.63) is 0 Å². The number of piperidine rings is 2. The maximum atomic E-state index is 13.4. The van der Waals surface area contributed by atoms with Gasteiger partial charge < -0.3 is 16.0 Å². The van der Waals surface area contributed by atoms with Crippen LogP contribution in [0.25, 0.3) is 0 Å². The van der Waals surface area contributed by atoms with Gasteiger partial charge in [-0.15, -0.1) is 11.8 Å². The third-order valence-corrected chi connectivity index (χ3v) is 12.6. The molecule has 0 bridgehead atoms. The van der Waals surface area contributed by atoms with E-state index in [0.29, 0.717) is 23.2 Å². The fourth-order valence-corrected chi connectivity index (χ4v) is 10.4. The molecule has 6 rings (SSSR count). The molecular formula is C30H52N6O2S. The molecule has 6 fully saturated rings. The first-order valence-corrected chi connectivity index (χ1v) is 17.2. The second-order valence-corrected chi connectivity index (χ2v) is 14.7. The van der Waals surface area contributed by atoms with Crippen molar-refractivity contribution in [3.63, 3.8) is 0 Å². The van der Waals surface area contributed by atoms with Crippen LogP contribution in [0.4, 0.5) is 0 Å². The Morgan fingerprint density at radius 2 is 1.64 bits per heavy atom. The van der Waals surface area contributed by atoms with Crippen LogP contribution in [-0.4, -0.2) is 83.9 Å². The first-order valence-electron chi connectivity index (χ1n) is 16.3. The molecule has 7 unspecified atom stereocenters. The van der Waals surface area contributed by atoms with Crippen LogP contribution in [0.3, 0.4) is 0 Å². The Bertz CT molecular complexity index is 849. The molecule has 4 saturated heterocycles. The van der Waals surface area contributed by atoms with E-state index in [1.165, 1.54) is 64.2 Å². The summed E-state index contributed by atoms with van der Waals surface area (Å²) in [6, 6.07) is 1.42. The molecule has 4 heterocycles. The Morgan fingerprint density at radius 1 is 0.795 bits per heavy atom. The number of hydrogen-bond donors (Lipinski definition) is 5. The highest BCUT2D eigenvalue weighted by atomic mass is 32.2. The van der Waals surface area contributed by atoms with Gasteiger partial charge >= 0.3 is 0 Å². The minimum absolute atomic E-state index is 0.0170. The second-order valence-electron chi connectivity index (χ2n) is 13.3. The summed E-state index contributed by atoms with van der Waals surface area (Å²) in [7, 11) is 1.74. The molecule has 0 aromatic heterocycles. The summed E-state index contributed by atoms with van der Waals surface area (Å²) in [5.74, 6) is 1.30. The van der Waals surface area contributed by atoms with Crippen molar-refractivity contribution in [2.24, 2.45) is 11.8 Å². The first kappa shape index (κ1) is 28.3. The first-order chi connectivity index (χ1) is 19.1. The predicted octanol–water partition coefficient (Wildman–Crippen LogP) is 2.68. The van der Waals surface area contributed by atoms with Crippen LogP contribution in [0.5, 0.6) is 0 Å². The van der Waals surface area contributed by atoms with E-state index in [2.05, 4.69) is 31.5 Å². The summed E-state index contributed by atoms with van der Waals surface area (Å²) < 4.78 is 0. The van der Waals surface area contributed by atoms with Gasteiger partial charge in [-0.3, -0.25) is 25.1 Å². The SMILES string of the molecule is CNC(=O)C1CNC2C(C1)NC(C1CCCCN1)N2[C@H]1CCC[C@H](NC(=O)C2CCC(C3CCCCC3)S2)C1. The van der Waals surface area contributed by atoms with Gasteiger partial charge in [0.25, 0.3) is 0 Å². The number of fused-ring (bicyclic) bond motifs is 1. The lowest BCUT2D eigenvalue weighted by Crippen LogP contribution is -2.62. The van der Waals surface area contributed by atoms with Crippen LogP contribution in [0.1, 0.15) is 96.3 Å². The molecule has 2 amide bonds. The van der Waals surface area contributed by atoms with Gasteiger partial charge in [0, 0.05) is 43.0 Å². The van der Waals surface area contributed by atoms with Crippen molar-refractivity contribution in [3.8, 4) is 0 Å². The van der Waals surface area contributed by atoms with Crippen molar-refractivity contribution < 1.29 is 9.59 Å². The number of thioether (sulfide) groups is 1. The minimum Gasteiger partial charge on any atom is -0.359 e. The molecule has 9 atom stereocenters. The van der Waals surface area contributed by atoms with Crippen LogP contribution in [0.2, 0.25) is 0 Å². The molecule has 5 N–H and O–H groups in total.